The third kappa shape index (κ3) is 4.56. The second-order valence-corrected chi connectivity index (χ2v) is 12.5. The molecule has 0 atom stereocenters. The second kappa shape index (κ2) is 9.62. The van der Waals surface area contributed by atoms with E-state index in [1.807, 2.05) is 26.0 Å². The topological polar surface area (TPSA) is 117 Å². The highest BCUT2D eigenvalue weighted by atomic mass is 79.9. The van der Waals surface area contributed by atoms with Gasteiger partial charge in [0.1, 0.15) is 5.56 Å². The maximum Gasteiger partial charge on any atom is 0.345 e. The van der Waals surface area contributed by atoms with Crippen LogP contribution in [0.4, 0.5) is 10.5 Å². The van der Waals surface area contributed by atoms with Gasteiger partial charge in [-0.2, -0.15) is 0 Å². The molecule has 3 N–H and O–H groups in total. The van der Waals surface area contributed by atoms with Crippen molar-refractivity contribution in [1.29, 1.82) is 0 Å². The van der Waals surface area contributed by atoms with Gasteiger partial charge in [-0.1, -0.05) is 28.1 Å². The summed E-state index contributed by atoms with van der Waals surface area (Å²) >= 11 is 3.45. The number of aliphatic imine (C=N–C) groups is 1. The Kier molecular flexibility index (Phi) is 6.37. The van der Waals surface area contributed by atoms with Crippen LogP contribution in [0.25, 0.3) is 5.69 Å². The number of benzene rings is 2. The number of H-pyrrole nitrogens is 1. The first kappa shape index (κ1) is 25.8. The molecular weight excluding hydrogens is 560 g/mol. The predicted octanol–water partition coefficient (Wildman–Crippen LogP) is 5.73. The van der Waals surface area contributed by atoms with Gasteiger partial charge >= 0.3 is 11.7 Å². The van der Waals surface area contributed by atoms with Crippen molar-refractivity contribution < 1.29 is 9.90 Å². The molecule has 3 aromatic rings. The molecule has 4 aliphatic rings. The van der Waals surface area contributed by atoms with Gasteiger partial charge in [-0.15, -0.1) is 0 Å². The van der Waals surface area contributed by atoms with E-state index in [1.165, 1.54) is 44.1 Å². The lowest BCUT2D eigenvalue weighted by molar-refractivity contribution is -0.00518. The average molecular weight is 592 g/mol. The molecule has 0 unspecified atom stereocenters. The minimum atomic E-state index is -0.836. The van der Waals surface area contributed by atoms with Crippen LogP contribution in [0.2, 0.25) is 0 Å². The molecule has 4 aliphatic carbocycles. The van der Waals surface area contributed by atoms with Crippen LogP contribution in [0.1, 0.15) is 60.8 Å². The highest BCUT2D eigenvalue weighted by Gasteiger charge is 2.51. The van der Waals surface area contributed by atoms with Crippen molar-refractivity contribution in [1.82, 2.24) is 9.55 Å². The Labute approximate surface area is 234 Å². The van der Waals surface area contributed by atoms with Crippen LogP contribution in [0.15, 0.2) is 55.5 Å². The van der Waals surface area contributed by atoms with Crippen LogP contribution in [0.3, 0.4) is 0 Å². The number of carbonyl (C=O) groups excluding carboxylic acids is 1. The van der Waals surface area contributed by atoms with Crippen molar-refractivity contribution in [2.75, 3.05) is 5.32 Å². The van der Waals surface area contributed by atoms with Crippen LogP contribution >= 0.6 is 15.9 Å². The van der Waals surface area contributed by atoms with Gasteiger partial charge in [0, 0.05) is 10.2 Å². The van der Waals surface area contributed by atoms with Crippen molar-refractivity contribution in [3.63, 3.8) is 0 Å². The Balaban J connectivity index is 1.21. The molecular formula is C30H31BrN4O4. The SMILES string of the molecule is Cc1c(Br)ccc(-n2c(O)c(C=NC(=O)Nc3ccc(C45CC6CC(CC(C6)C4)C5)cc3)c(=O)[nH]c2=O)c1C. The lowest BCUT2D eigenvalue weighted by Crippen LogP contribution is -2.48. The number of amides is 2. The van der Waals surface area contributed by atoms with E-state index < -0.39 is 23.2 Å². The first-order chi connectivity index (χ1) is 18.6. The molecule has 8 nitrogen and oxygen atoms in total. The number of urea groups is 1. The number of nitrogens with one attached hydrogen (secondary N) is 2. The van der Waals surface area contributed by atoms with Crippen LogP contribution < -0.4 is 16.6 Å². The fourth-order valence-electron chi connectivity index (χ4n) is 7.54. The van der Waals surface area contributed by atoms with E-state index in [-0.39, 0.29) is 11.0 Å². The maximum atomic E-state index is 12.6. The Morgan fingerprint density at radius 3 is 2.26 bits per heavy atom. The third-order valence-electron chi connectivity index (χ3n) is 9.15. The van der Waals surface area contributed by atoms with Gasteiger partial charge in [0.25, 0.3) is 5.56 Å². The minimum Gasteiger partial charge on any atom is -0.493 e. The molecule has 2 aromatic carbocycles. The molecule has 9 heteroatoms. The number of aromatic nitrogens is 2. The quantitative estimate of drug-likeness (QED) is 0.336. The smallest absolute Gasteiger partial charge is 0.345 e. The summed E-state index contributed by atoms with van der Waals surface area (Å²) in [6, 6.07) is 10.8. The Hall–Kier alpha value is -3.46. The van der Waals surface area contributed by atoms with Gasteiger partial charge in [0.05, 0.1) is 11.9 Å². The van der Waals surface area contributed by atoms with E-state index in [0.29, 0.717) is 11.4 Å². The van der Waals surface area contributed by atoms with Crippen molar-refractivity contribution in [2.45, 2.75) is 57.8 Å². The van der Waals surface area contributed by atoms with Crippen LogP contribution in [0.5, 0.6) is 5.88 Å². The van der Waals surface area contributed by atoms with Crippen molar-refractivity contribution in [3.05, 3.63) is 84.0 Å². The number of aromatic hydroxyl groups is 1. The van der Waals surface area contributed by atoms with E-state index in [2.05, 4.69) is 43.4 Å². The van der Waals surface area contributed by atoms with Crippen molar-refractivity contribution >= 4 is 33.9 Å². The molecule has 39 heavy (non-hydrogen) atoms. The fourth-order valence-corrected chi connectivity index (χ4v) is 7.97. The Bertz CT molecular complexity index is 1580. The number of halogens is 1. The van der Waals surface area contributed by atoms with Crippen LogP contribution in [-0.4, -0.2) is 26.9 Å². The fraction of sp³-hybridized carbons (Fsp3) is 0.400. The summed E-state index contributed by atoms with van der Waals surface area (Å²) in [4.78, 5) is 43.7. The molecule has 0 saturated heterocycles. The monoisotopic (exact) mass is 590 g/mol. The largest absolute Gasteiger partial charge is 0.493 e. The number of carbonyl (C=O) groups is 1. The molecule has 2 amide bonds. The summed E-state index contributed by atoms with van der Waals surface area (Å²) in [5, 5.41) is 13.6. The van der Waals surface area contributed by atoms with Gasteiger partial charge < -0.3 is 10.4 Å². The first-order valence-electron chi connectivity index (χ1n) is 13.4. The van der Waals surface area contributed by atoms with E-state index >= 15 is 0 Å². The lowest BCUT2D eigenvalue weighted by Gasteiger charge is -2.57. The maximum absolute atomic E-state index is 12.6. The minimum absolute atomic E-state index is 0.281. The number of aromatic amines is 1. The standard InChI is InChI=1S/C30H31BrN4O4/c1-16-17(2)25(8-7-24(16)31)35-27(37)23(26(36)34-29(35)39)15-32-28(38)33-22-5-3-21(4-6-22)30-12-18-9-19(13-30)11-20(10-18)14-30/h3-8,15,18-20,37H,9-14H2,1-2H3,(H,33,38)(H,34,36,39). The molecule has 4 saturated carbocycles. The zero-order valence-electron chi connectivity index (χ0n) is 22.0. The van der Waals surface area contributed by atoms with Crippen molar-refractivity contribution in [3.8, 4) is 11.6 Å². The lowest BCUT2D eigenvalue weighted by atomic mass is 9.48. The summed E-state index contributed by atoms with van der Waals surface area (Å²) in [5.41, 5.74) is 2.37. The molecule has 202 valence electrons. The Morgan fingerprint density at radius 1 is 1.03 bits per heavy atom. The highest BCUT2D eigenvalue weighted by molar-refractivity contribution is 9.10. The van der Waals surface area contributed by atoms with E-state index in [9.17, 15) is 19.5 Å². The summed E-state index contributed by atoms with van der Waals surface area (Å²) in [6.07, 6.45) is 8.97. The molecule has 4 fully saturated rings. The zero-order chi connectivity index (χ0) is 27.5. The van der Waals surface area contributed by atoms with E-state index in [1.54, 1.807) is 12.1 Å². The summed E-state index contributed by atoms with van der Waals surface area (Å²) in [7, 11) is 0. The number of hydrogen-bond donors (Lipinski definition) is 3. The first-order valence-corrected chi connectivity index (χ1v) is 14.2. The van der Waals surface area contributed by atoms with Gasteiger partial charge in [0.15, 0.2) is 0 Å². The Morgan fingerprint density at radius 2 is 1.64 bits per heavy atom. The summed E-state index contributed by atoms with van der Waals surface area (Å²) < 4.78 is 1.85. The number of nitrogens with zero attached hydrogens (tertiary/aromatic N) is 2. The highest BCUT2D eigenvalue weighted by Crippen LogP contribution is 2.60. The van der Waals surface area contributed by atoms with E-state index in [4.69, 9.17) is 0 Å². The van der Waals surface area contributed by atoms with Gasteiger partial charge in [-0.05, 0) is 116 Å². The molecule has 0 aliphatic heterocycles. The number of hydrogen-bond acceptors (Lipinski definition) is 4. The molecule has 4 bridgehead atoms. The third-order valence-corrected chi connectivity index (χ3v) is 10.0. The molecule has 0 spiro atoms. The predicted molar refractivity (Wildman–Crippen MR) is 154 cm³/mol. The average Bonchev–Trinajstić information content (AvgIpc) is 2.88. The van der Waals surface area contributed by atoms with E-state index in [0.717, 1.165) is 44.1 Å². The van der Waals surface area contributed by atoms with Gasteiger partial charge in [0.2, 0.25) is 5.88 Å². The van der Waals surface area contributed by atoms with Crippen LogP contribution in [-0.2, 0) is 5.41 Å². The molecule has 0 radical (unpaired) electrons. The summed E-state index contributed by atoms with van der Waals surface area (Å²) in [6.45, 7) is 3.68. The molecule has 1 heterocycles. The molecule has 7 rings (SSSR count). The van der Waals surface area contributed by atoms with Crippen molar-refractivity contribution in [2.24, 2.45) is 22.7 Å². The second-order valence-electron chi connectivity index (χ2n) is 11.6. The number of rotatable bonds is 4. The van der Waals surface area contributed by atoms with Gasteiger partial charge in [-0.25, -0.2) is 19.1 Å². The van der Waals surface area contributed by atoms with Crippen LogP contribution in [0, 0.1) is 31.6 Å². The summed E-state index contributed by atoms with van der Waals surface area (Å²) in [5.74, 6) is 1.98. The molecule has 1 aromatic heterocycles. The normalized spacial score (nSPS) is 25.4. The number of anilines is 1. The zero-order valence-corrected chi connectivity index (χ0v) is 23.5. The van der Waals surface area contributed by atoms with Gasteiger partial charge in [-0.3, -0.25) is 9.78 Å².